The molecular weight excluding hydrogens is 318 g/mol. The largest absolute Gasteiger partial charge is 0.481 e. The van der Waals surface area contributed by atoms with Gasteiger partial charge in [-0.25, -0.2) is 4.79 Å². The van der Waals surface area contributed by atoms with Crippen molar-refractivity contribution in [2.75, 3.05) is 0 Å². The third-order valence-electron chi connectivity index (χ3n) is 2.40. The number of carbonyl (C=O) groups is 3. The lowest BCUT2D eigenvalue weighted by Crippen LogP contribution is -2.42. The molecule has 0 aliphatic rings. The van der Waals surface area contributed by atoms with Crippen molar-refractivity contribution in [3.05, 3.63) is 33.8 Å². The predicted octanol–water partition coefficient (Wildman–Crippen LogP) is 1.42. The Labute approximate surface area is 117 Å². The van der Waals surface area contributed by atoms with Crippen molar-refractivity contribution in [2.24, 2.45) is 0 Å². The average Bonchev–Trinajstić information content (AvgIpc) is 2.31. The van der Waals surface area contributed by atoms with E-state index in [0.29, 0.717) is 0 Å². The number of carboxylic acids is 2. The van der Waals surface area contributed by atoms with E-state index in [2.05, 4.69) is 21.2 Å². The number of carbonyl (C=O) groups excluding carboxylic acids is 1. The summed E-state index contributed by atoms with van der Waals surface area (Å²) in [4.78, 5) is 33.2. The molecule has 0 spiro atoms. The van der Waals surface area contributed by atoms with Crippen LogP contribution in [0.3, 0.4) is 0 Å². The van der Waals surface area contributed by atoms with Gasteiger partial charge < -0.3 is 15.5 Å². The molecule has 7 heteroatoms. The molecule has 0 aliphatic carbocycles. The minimum atomic E-state index is -1.45. The number of benzene rings is 1. The summed E-state index contributed by atoms with van der Waals surface area (Å²) in [5, 5.41) is 19.6. The van der Waals surface area contributed by atoms with E-state index in [1.807, 2.05) is 0 Å². The number of halogens is 1. The monoisotopic (exact) mass is 329 g/mol. The van der Waals surface area contributed by atoms with Gasteiger partial charge in [-0.15, -0.1) is 0 Å². The van der Waals surface area contributed by atoms with Crippen molar-refractivity contribution >= 4 is 33.8 Å². The van der Waals surface area contributed by atoms with Crippen LogP contribution in [0.15, 0.2) is 22.7 Å². The number of aryl methyl sites for hydroxylation is 1. The van der Waals surface area contributed by atoms with Crippen LogP contribution in [-0.4, -0.2) is 34.1 Å². The number of carboxylic acid groups (broad SMARTS) is 2. The van der Waals surface area contributed by atoms with Gasteiger partial charge in [0, 0.05) is 10.0 Å². The summed E-state index contributed by atoms with van der Waals surface area (Å²) in [6.07, 6.45) is -0.670. The van der Waals surface area contributed by atoms with E-state index < -0.39 is 30.3 Å². The standard InChI is InChI=1S/C12H12BrNO5/c1-6-4-7(2-3-8(6)13)11(17)14-9(12(18)19)5-10(15)16/h2-4,9H,5H2,1H3,(H,14,17)(H,15,16)(H,18,19)/t9-/m1/s1. The molecule has 0 fully saturated rings. The zero-order chi connectivity index (χ0) is 14.6. The molecule has 1 amide bonds. The number of amides is 1. The maximum atomic E-state index is 11.8. The van der Waals surface area contributed by atoms with E-state index in [1.165, 1.54) is 6.07 Å². The summed E-state index contributed by atoms with van der Waals surface area (Å²) in [5.41, 5.74) is 1.09. The van der Waals surface area contributed by atoms with Gasteiger partial charge in [0.25, 0.3) is 5.91 Å². The van der Waals surface area contributed by atoms with Gasteiger partial charge in [-0.2, -0.15) is 0 Å². The summed E-state index contributed by atoms with van der Waals surface area (Å²) in [6, 6.07) is 3.32. The van der Waals surface area contributed by atoms with Crippen LogP contribution in [0.2, 0.25) is 0 Å². The lowest BCUT2D eigenvalue weighted by atomic mass is 10.1. The molecule has 1 aromatic carbocycles. The fourth-order valence-corrected chi connectivity index (χ4v) is 1.65. The molecule has 19 heavy (non-hydrogen) atoms. The van der Waals surface area contributed by atoms with Gasteiger partial charge in [-0.1, -0.05) is 15.9 Å². The van der Waals surface area contributed by atoms with Gasteiger partial charge >= 0.3 is 11.9 Å². The first kappa shape index (κ1) is 15.2. The lowest BCUT2D eigenvalue weighted by molar-refractivity contribution is -0.145. The molecule has 102 valence electrons. The van der Waals surface area contributed by atoms with Crippen molar-refractivity contribution in [1.29, 1.82) is 0 Å². The van der Waals surface area contributed by atoms with Gasteiger partial charge in [0.05, 0.1) is 6.42 Å². The van der Waals surface area contributed by atoms with Crippen molar-refractivity contribution < 1.29 is 24.6 Å². The number of rotatable bonds is 5. The number of nitrogens with one attached hydrogen (secondary N) is 1. The third kappa shape index (κ3) is 4.36. The van der Waals surface area contributed by atoms with Gasteiger partial charge in [0.1, 0.15) is 6.04 Å². The van der Waals surface area contributed by atoms with Crippen molar-refractivity contribution in [1.82, 2.24) is 5.32 Å². The smallest absolute Gasteiger partial charge is 0.326 e. The second-order valence-corrected chi connectivity index (χ2v) is 4.78. The van der Waals surface area contributed by atoms with E-state index in [0.717, 1.165) is 10.0 Å². The van der Waals surface area contributed by atoms with E-state index in [1.54, 1.807) is 19.1 Å². The Kier molecular flexibility index (Phi) is 5.05. The number of aliphatic carboxylic acids is 2. The molecule has 0 bridgehead atoms. The quantitative estimate of drug-likeness (QED) is 0.757. The highest BCUT2D eigenvalue weighted by molar-refractivity contribution is 9.10. The van der Waals surface area contributed by atoms with E-state index >= 15 is 0 Å². The van der Waals surface area contributed by atoms with E-state index in [-0.39, 0.29) is 5.56 Å². The summed E-state index contributed by atoms with van der Waals surface area (Å²) in [7, 11) is 0. The van der Waals surface area contributed by atoms with Gasteiger partial charge in [-0.3, -0.25) is 9.59 Å². The second kappa shape index (κ2) is 6.33. The average molecular weight is 330 g/mol. The first-order valence-electron chi connectivity index (χ1n) is 5.33. The summed E-state index contributed by atoms with van der Waals surface area (Å²) in [6.45, 7) is 1.78. The Morgan fingerprint density at radius 2 is 1.95 bits per heavy atom. The first-order chi connectivity index (χ1) is 8.81. The molecule has 0 saturated heterocycles. The Hall–Kier alpha value is -1.89. The highest BCUT2D eigenvalue weighted by atomic mass is 79.9. The Morgan fingerprint density at radius 1 is 1.32 bits per heavy atom. The highest BCUT2D eigenvalue weighted by Gasteiger charge is 2.23. The minimum Gasteiger partial charge on any atom is -0.481 e. The van der Waals surface area contributed by atoms with Crippen molar-refractivity contribution in [3.63, 3.8) is 0 Å². The first-order valence-corrected chi connectivity index (χ1v) is 6.12. The van der Waals surface area contributed by atoms with Crippen molar-refractivity contribution in [3.8, 4) is 0 Å². The van der Waals surface area contributed by atoms with Gasteiger partial charge in [-0.05, 0) is 30.7 Å². The van der Waals surface area contributed by atoms with Crippen LogP contribution in [0.5, 0.6) is 0 Å². The van der Waals surface area contributed by atoms with Crippen LogP contribution in [0.1, 0.15) is 22.3 Å². The molecule has 0 unspecified atom stereocenters. The molecule has 0 heterocycles. The van der Waals surface area contributed by atoms with Crippen LogP contribution >= 0.6 is 15.9 Å². The van der Waals surface area contributed by atoms with Crippen LogP contribution < -0.4 is 5.32 Å². The number of hydrogen-bond donors (Lipinski definition) is 3. The zero-order valence-corrected chi connectivity index (χ0v) is 11.6. The highest BCUT2D eigenvalue weighted by Crippen LogP contribution is 2.17. The Bertz CT molecular complexity index is 529. The maximum Gasteiger partial charge on any atom is 0.326 e. The molecule has 0 saturated carbocycles. The third-order valence-corrected chi connectivity index (χ3v) is 3.29. The molecule has 0 aromatic heterocycles. The van der Waals surface area contributed by atoms with Gasteiger partial charge in [0.2, 0.25) is 0 Å². The van der Waals surface area contributed by atoms with E-state index in [9.17, 15) is 14.4 Å². The fourth-order valence-electron chi connectivity index (χ4n) is 1.40. The summed E-state index contributed by atoms with van der Waals surface area (Å²) in [5.74, 6) is -3.30. The molecule has 0 aliphatic heterocycles. The minimum absolute atomic E-state index is 0.275. The normalized spacial score (nSPS) is 11.7. The van der Waals surface area contributed by atoms with Crippen LogP contribution in [-0.2, 0) is 9.59 Å². The summed E-state index contributed by atoms with van der Waals surface area (Å²) < 4.78 is 0.823. The number of hydrogen-bond acceptors (Lipinski definition) is 3. The molecular formula is C12H12BrNO5. The molecule has 1 atom stereocenters. The maximum absolute atomic E-state index is 11.8. The topological polar surface area (TPSA) is 104 Å². The van der Waals surface area contributed by atoms with Crippen LogP contribution in [0, 0.1) is 6.92 Å². The van der Waals surface area contributed by atoms with Gasteiger partial charge in [0.15, 0.2) is 0 Å². The zero-order valence-electron chi connectivity index (χ0n) is 10.0. The Morgan fingerprint density at radius 3 is 2.42 bits per heavy atom. The molecule has 1 rings (SSSR count). The van der Waals surface area contributed by atoms with Crippen molar-refractivity contribution in [2.45, 2.75) is 19.4 Å². The molecule has 0 radical (unpaired) electrons. The molecule has 3 N–H and O–H groups in total. The Balaban J connectivity index is 2.84. The van der Waals surface area contributed by atoms with E-state index in [4.69, 9.17) is 10.2 Å². The second-order valence-electron chi connectivity index (χ2n) is 3.93. The SMILES string of the molecule is Cc1cc(C(=O)N[C@H](CC(=O)O)C(=O)O)ccc1Br. The lowest BCUT2D eigenvalue weighted by Gasteiger charge is -2.12. The molecule has 1 aromatic rings. The summed E-state index contributed by atoms with van der Waals surface area (Å²) >= 11 is 3.28. The predicted molar refractivity (Wildman–Crippen MR) is 70.0 cm³/mol. The van der Waals surface area contributed by atoms with Crippen LogP contribution in [0.4, 0.5) is 0 Å². The van der Waals surface area contributed by atoms with Crippen LogP contribution in [0.25, 0.3) is 0 Å². The molecule has 6 nitrogen and oxygen atoms in total. The fraction of sp³-hybridized carbons (Fsp3) is 0.250.